The molecule has 0 unspecified atom stereocenters. The molecule has 0 atom stereocenters. The highest BCUT2D eigenvalue weighted by Crippen LogP contribution is 2.25. The lowest BCUT2D eigenvalue weighted by molar-refractivity contribution is 0.397. The highest BCUT2D eigenvalue weighted by atomic mass is 35.5. The first kappa shape index (κ1) is 14.6. The maximum absolute atomic E-state index is 6.19. The summed E-state index contributed by atoms with van der Waals surface area (Å²) in [7, 11) is 3.25. The minimum absolute atomic E-state index is 0.611. The summed E-state index contributed by atoms with van der Waals surface area (Å²) in [6.07, 6.45) is 1.73. The molecule has 0 spiro atoms. The Kier molecular flexibility index (Phi) is 5.21. The molecular weight excluding hydrogens is 276 g/mol. The molecule has 0 aliphatic rings. The third-order valence-corrected chi connectivity index (χ3v) is 3.29. The predicted molar refractivity (Wildman–Crippen MR) is 79.3 cm³/mol. The van der Waals surface area contributed by atoms with Gasteiger partial charge in [0.25, 0.3) is 0 Å². The zero-order valence-electron chi connectivity index (χ0n) is 11.5. The largest absolute Gasteiger partial charge is 0.496 e. The van der Waals surface area contributed by atoms with Gasteiger partial charge in [-0.05, 0) is 23.8 Å². The molecule has 1 aromatic heterocycles. The van der Waals surface area contributed by atoms with Gasteiger partial charge in [0.15, 0.2) is 0 Å². The molecule has 0 saturated heterocycles. The summed E-state index contributed by atoms with van der Waals surface area (Å²) in [4.78, 5) is 4.07. The number of methoxy groups -OCH3 is 2. The Balaban J connectivity index is 1.99. The van der Waals surface area contributed by atoms with Crippen molar-refractivity contribution in [2.75, 3.05) is 14.2 Å². The Labute approximate surface area is 123 Å². The van der Waals surface area contributed by atoms with E-state index in [-0.39, 0.29) is 0 Å². The van der Waals surface area contributed by atoms with Crippen molar-refractivity contribution in [2.24, 2.45) is 0 Å². The highest BCUT2D eigenvalue weighted by Gasteiger charge is 2.07. The standard InChI is InChI=1S/C15H17ClN2O2/c1-19-14-5-3-4-13(16)12(14)10-17-9-11-6-7-18-15(8-11)20-2/h3-8,17H,9-10H2,1-2H3. The molecule has 106 valence electrons. The van der Waals surface area contributed by atoms with Gasteiger partial charge in [0.1, 0.15) is 5.75 Å². The van der Waals surface area contributed by atoms with Crippen molar-refractivity contribution in [1.29, 1.82) is 0 Å². The maximum Gasteiger partial charge on any atom is 0.213 e. The van der Waals surface area contributed by atoms with Gasteiger partial charge in [0, 0.05) is 35.9 Å². The van der Waals surface area contributed by atoms with Crippen LogP contribution in [0.5, 0.6) is 11.6 Å². The van der Waals surface area contributed by atoms with Crippen molar-refractivity contribution in [3.63, 3.8) is 0 Å². The Morgan fingerprint density at radius 3 is 2.75 bits per heavy atom. The third-order valence-electron chi connectivity index (χ3n) is 2.94. The Bertz CT molecular complexity index is 576. The highest BCUT2D eigenvalue weighted by molar-refractivity contribution is 6.31. The molecule has 0 radical (unpaired) electrons. The fourth-order valence-electron chi connectivity index (χ4n) is 1.91. The molecule has 20 heavy (non-hydrogen) atoms. The van der Waals surface area contributed by atoms with Crippen LogP contribution in [0.4, 0.5) is 0 Å². The van der Waals surface area contributed by atoms with Crippen LogP contribution in [0.1, 0.15) is 11.1 Å². The van der Waals surface area contributed by atoms with E-state index in [1.807, 2.05) is 30.3 Å². The lowest BCUT2D eigenvalue weighted by Gasteiger charge is -2.11. The van der Waals surface area contributed by atoms with Crippen molar-refractivity contribution in [3.8, 4) is 11.6 Å². The lowest BCUT2D eigenvalue weighted by Crippen LogP contribution is -2.14. The van der Waals surface area contributed by atoms with Crippen LogP contribution in [0.2, 0.25) is 5.02 Å². The maximum atomic E-state index is 6.19. The monoisotopic (exact) mass is 292 g/mol. The molecule has 4 nitrogen and oxygen atoms in total. The lowest BCUT2D eigenvalue weighted by atomic mass is 10.2. The molecule has 0 bridgehead atoms. The van der Waals surface area contributed by atoms with Crippen LogP contribution in [0.25, 0.3) is 0 Å². The number of halogens is 1. The second-order valence-electron chi connectivity index (χ2n) is 4.23. The van der Waals surface area contributed by atoms with E-state index in [1.54, 1.807) is 20.4 Å². The van der Waals surface area contributed by atoms with Gasteiger partial charge in [0.05, 0.1) is 14.2 Å². The molecule has 0 aliphatic carbocycles. The fraction of sp³-hybridized carbons (Fsp3) is 0.267. The number of hydrogen-bond acceptors (Lipinski definition) is 4. The SMILES string of the molecule is COc1cc(CNCc2c(Cl)cccc2OC)ccn1. The van der Waals surface area contributed by atoms with E-state index in [2.05, 4.69) is 10.3 Å². The van der Waals surface area contributed by atoms with E-state index in [9.17, 15) is 0 Å². The molecule has 2 aromatic rings. The number of ether oxygens (including phenoxy) is 2. The molecular formula is C15H17ClN2O2. The van der Waals surface area contributed by atoms with Gasteiger partial charge in [-0.3, -0.25) is 0 Å². The number of aromatic nitrogens is 1. The topological polar surface area (TPSA) is 43.4 Å². The van der Waals surface area contributed by atoms with Crippen LogP contribution in [0.15, 0.2) is 36.5 Å². The zero-order chi connectivity index (χ0) is 14.4. The molecule has 1 heterocycles. The molecule has 0 saturated carbocycles. The van der Waals surface area contributed by atoms with Gasteiger partial charge in [-0.1, -0.05) is 17.7 Å². The van der Waals surface area contributed by atoms with Gasteiger partial charge in [0.2, 0.25) is 5.88 Å². The number of benzene rings is 1. The average Bonchev–Trinajstić information content (AvgIpc) is 2.49. The number of hydrogen-bond donors (Lipinski definition) is 1. The fourth-order valence-corrected chi connectivity index (χ4v) is 2.14. The van der Waals surface area contributed by atoms with Crippen molar-refractivity contribution < 1.29 is 9.47 Å². The van der Waals surface area contributed by atoms with Crippen molar-refractivity contribution >= 4 is 11.6 Å². The Morgan fingerprint density at radius 1 is 1.15 bits per heavy atom. The first-order valence-corrected chi connectivity index (χ1v) is 6.63. The number of pyridine rings is 1. The van der Waals surface area contributed by atoms with Gasteiger partial charge >= 0.3 is 0 Å². The normalized spacial score (nSPS) is 10.3. The summed E-state index contributed by atoms with van der Waals surface area (Å²) in [6.45, 7) is 1.33. The number of nitrogens with zero attached hydrogens (tertiary/aromatic N) is 1. The summed E-state index contributed by atoms with van der Waals surface area (Å²) < 4.78 is 10.4. The minimum Gasteiger partial charge on any atom is -0.496 e. The van der Waals surface area contributed by atoms with Crippen LogP contribution < -0.4 is 14.8 Å². The average molecular weight is 293 g/mol. The first-order chi connectivity index (χ1) is 9.74. The summed E-state index contributed by atoms with van der Waals surface area (Å²) in [5.41, 5.74) is 2.06. The van der Waals surface area contributed by atoms with Crippen LogP contribution >= 0.6 is 11.6 Å². The van der Waals surface area contributed by atoms with Gasteiger partial charge < -0.3 is 14.8 Å². The molecule has 1 N–H and O–H groups in total. The van der Waals surface area contributed by atoms with E-state index < -0.39 is 0 Å². The molecule has 0 amide bonds. The zero-order valence-corrected chi connectivity index (χ0v) is 12.3. The summed E-state index contributed by atoms with van der Waals surface area (Å²) in [5.74, 6) is 1.40. The van der Waals surface area contributed by atoms with Crippen LogP contribution in [0, 0.1) is 0 Å². The predicted octanol–water partition coefficient (Wildman–Crippen LogP) is 3.04. The minimum atomic E-state index is 0.611. The molecule has 0 fully saturated rings. The van der Waals surface area contributed by atoms with Crippen molar-refractivity contribution in [3.05, 3.63) is 52.7 Å². The number of rotatable bonds is 6. The quantitative estimate of drug-likeness (QED) is 0.889. The van der Waals surface area contributed by atoms with E-state index in [4.69, 9.17) is 21.1 Å². The van der Waals surface area contributed by atoms with Crippen molar-refractivity contribution in [1.82, 2.24) is 10.3 Å². The summed E-state index contributed by atoms with van der Waals surface area (Å²) in [6, 6.07) is 9.48. The molecule has 2 rings (SSSR count). The second kappa shape index (κ2) is 7.12. The van der Waals surface area contributed by atoms with E-state index in [0.717, 1.165) is 16.9 Å². The van der Waals surface area contributed by atoms with Gasteiger partial charge in [-0.2, -0.15) is 0 Å². The smallest absolute Gasteiger partial charge is 0.213 e. The van der Waals surface area contributed by atoms with E-state index >= 15 is 0 Å². The Morgan fingerprint density at radius 2 is 2.00 bits per heavy atom. The van der Waals surface area contributed by atoms with Crippen LogP contribution in [0.3, 0.4) is 0 Å². The van der Waals surface area contributed by atoms with Gasteiger partial charge in [-0.25, -0.2) is 4.98 Å². The summed E-state index contributed by atoms with van der Waals surface area (Å²) >= 11 is 6.19. The van der Waals surface area contributed by atoms with E-state index in [1.165, 1.54) is 0 Å². The number of nitrogens with one attached hydrogen (secondary N) is 1. The molecule has 1 aromatic carbocycles. The van der Waals surface area contributed by atoms with E-state index in [0.29, 0.717) is 24.0 Å². The molecule has 0 aliphatic heterocycles. The van der Waals surface area contributed by atoms with Crippen LogP contribution in [-0.4, -0.2) is 19.2 Å². The Hall–Kier alpha value is -1.78. The van der Waals surface area contributed by atoms with Crippen molar-refractivity contribution in [2.45, 2.75) is 13.1 Å². The first-order valence-electron chi connectivity index (χ1n) is 6.25. The van der Waals surface area contributed by atoms with Gasteiger partial charge in [-0.15, -0.1) is 0 Å². The second-order valence-corrected chi connectivity index (χ2v) is 4.64. The summed E-state index contributed by atoms with van der Waals surface area (Å²) in [5, 5.41) is 4.04. The molecule has 5 heteroatoms. The van der Waals surface area contributed by atoms with Crippen LogP contribution in [-0.2, 0) is 13.1 Å². The third kappa shape index (κ3) is 3.62.